The quantitative estimate of drug-likeness (QED) is 0.323. The van der Waals surface area contributed by atoms with Crippen LogP contribution in [0.4, 0.5) is 0 Å². The van der Waals surface area contributed by atoms with Gasteiger partial charge >= 0.3 is 5.63 Å². The summed E-state index contributed by atoms with van der Waals surface area (Å²) >= 11 is 3.35. The molecule has 3 nitrogen and oxygen atoms in total. The second kappa shape index (κ2) is 6.56. The van der Waals surface area contributed by atoms with E-state index in [1.807, 2.05) is 30.3 Å². The van der Waals surface area contributed by atoms with Crippen molar-refractivity contribution in [3.8, 4) is 0 Å². The SMILES string of the molecule is CC(C)(C)c1ccc2oc(=O)cc(CSc3nc4ccccc4s3)c2c1. The maximum atomic E-state index is 11.9. The monoisotopic (exact) mass is 381 g/mol. The molecular weight excluding hydrogens is 362 g/mol. The zero-order valence-electron chi connectivity index (χ0n) is 14.9. The normalized spacial score (nSPS) is 12.1. The van der Waals surface area contributed by atoms with Crippen LogP contribution in [0.5, 0.6) is 0 Å². The number of thiazole rings is 1. The van der Waals surface area contributed by atoms with Crippen molar-refractivity contribution >= 4 is 44.3 Å². The summed E-state index contributed by atoms with van der Waals surface area (Å²) in [5, 5.41) is 1.01. The molecule has 5 heteroatoms. The van der Waals surface area contributed by atoms with E-state index in [0.717, 1.165) is 20.8 Å². The Balaban J connectivity index is 1.71. The highest BCUT2D eigenvalue weighted by Crippen LogP contribution is 2.33. The molecule has 0 N–H and O–H groups in total. The molecule has 0 atom stereocenters. The van der Waals surface area contributed by atoms with Gasteiger partial charge in [0.25, 0.3) is 0 Å². The highest BCUT2D eigenvalue weighted by atomic mass is 32.2. The molecule has 0 fully saturated rings. The van der Waals surface area contributed by atoms with Gasteiger partial charge in [-0.25, -0.2) is 9.78 Å². The van der Waals surface area contributed by atoms with Gasteiger partial charge in [0.2, 0.25) is 0 Å². The molecule has 26 heavy (non-hydrogen) atoms. The molecule has 2 aromatic heterocycles. The van der Waals surface area contributed by atoms with Crippen LogP contribution < -0.4 is 5.63 Å². The topological polar surface area (TPSA) is 43.1 Å². The maximum absolute atomic E-state index is 11.9. The van der Waals surface area contributed by atoms with Crippen molar-refractivity contribution in [3.63, 3.8) is 0 Å². The largest absolute Gasteiger partial charge is 0.423 e. The first kappa shape index (κ1) is 17.3. The number of aromatic nitrogens is 1. The van der Waals surface area contributed by atoms with Crippen LogP contribution in [0.3, 0.4) is 0 Å². The average Bonchev–Trinajstić information content (AvgIpc) is 3.01. The number of benzene rings is 2. The van der Waals surface area contributed by atoms with E-state index in [-0.39, 0.29) is 11.0 Å². The number of hydrogen-bond donors (Lipinski definition) is 0. The summed E-state index contributed by atoms with van der Waals surface area (Å²) in [7, 11) is 0. The molecule has 2 heterocycles. The van der Waals surface area contributed by atoms with Gasteiger partial charge in [0.15, 0.2) is 4.34 Å². The first-order valence-electron chi connectivity index (χ1n) is 8.46. The predicted molar refractivity (Wildman–Crippen MR) is 110 cm³/mol. The van der Waals surface area contributed by atoms with Crippen LogP contribution in [0.2, 0.25) is 0 Å². The highest BCUT2D eigenvalue weighted by Gasteiger charge is 2.16. The van der Waals surface area contributed by atoms with E-state index in [4.69, 9.17) is 4.42 Å². The van der Waals surface area contributed by atoms with Crippen molar-refractivity contribution in [3.05, 3.63) is 70.1 Å². The van der Waals surface area contributed by atoms with E-state index < -0.39 is 0 Å². The van der Waals surface area contributed by atoms with Gasteiger partial charge < -0.3 is 4.42 Å². The average molecular weight is 382 g/mol. The first-order chi connectivity index (χ1) is 12.4. The molecule has 0 unspecified atom stereocenters. The standard InChI is InChI=1S/C21H19NO2S2/c1-21(2,3)14-8-9-17-15(11-14)13(10-19(23)24-17)12-25-20-22-16-6-4-5-7-18(16)26-20/h4-11H,12H2,1-3H3. The molecule has 0 aliphatic carbocycles. The summed E-state index contributed by atoms with van der Waals surface area (Å²) in [5.41, 5.74) is 3.62. The van der Waals surface area contributed by atoms with Crippen molar-refractivity contribution in [2.24, 2.45) is 0 Å². The molecule has 0 amide bonds. The van der Waals surface area contributed by atoms with Crippen LogP contribution >= 0.6 is 23.1 Å². The van der Waals surface area contributed by atoms with E-state index in [1.54, 1.807) is 29.2 Å². The number of hydrogen-bond acceptors (Lipinski definition) is 5. The van der Waals surface area contributed by atoms with Gasteiger partial charge in [-0.2, -0.15) is 0 Å². The predicted octanol–water partition coefficient (Wildman–Crippen LogP) is 5.99. The van der Waals surface area contributed by atoms with Crippen molar-refractivity contribution in [2.75, 3.05) is 0 Å². The van der Waals surface area contributed by atoms with E-state index in [1.165, 1.54) is 10.3 Å². The van der Waals surface area contributed by atoms with Crippen LogP contribution in [-0.2, 0) is 11.2 Å². The molecule has 0 bridgehead atoms. The summed E-state index contributed by atoms with van der Waals surface area (Å²) in [4.78, 5) is 16.6. The lowest BCUT2D eigenvalue weighted by Gasteiger charge is -2.19. The number of para-hydroxylation sites is 1. The van der Waals surface area contributed by atoms with Crippen LogP contribution in [0.25, 0.3) is 21.2 Å². The van der Waals surface area contributed by atoms with Gasteiger partial charge in [0.05, 0.1) is 10.2 Å². The Morgan fingerprint density at radius 3 is 2.69 bits per heavy atom. The second-order valence-corrected chi connectivity index (χ2v) is 9.54. The lowest BCUT2D eigenvalue weighted by molar-refractivity contribution is 0.557. The van der Waals surface area contributed by atoms with Crippen LogP contribution in [0.1, 0.15) is 31.9 Å². The third-order valence-electron chi connectivity index (χ3n) is 4.32. The molecule has 0 saturated heterocycles. The lowest BCUT2D eigenvalue weighted by atomic mass is 9.86. The van der Waals surface area contributed by atoms with Gasteiger partial charge in [0, 0.05) is 17.2 Å². The zero-order valence-corrected chi connectivity index (χ0v) is 16.5. The molecular formula is C21H19NO2S2. The van der Waals surface area contributed by atoms with Gasteiger partial charge in [0.1, 0.15) is 5.58 Å². The Hall–Kier alpha value is -2.11. The minimum atomic E-state index is -0.305. The number of thioether (sulfide) groups is 1. The van der Waals surface area contributed by atoms with Crippen LogP contribution in [0, 0.1) is 0 Å². The van der Waals surface area contributed by atoms with Crippen molar-refractivity contribution in [2.45, 2.75) is 36.3 Å². The molecule has 4 rings (SSSR count). The zero-order chi connectivity index (χ0) is 18.3. The molecule has 0 aliphatic rings. The lowest BCUT2D eigenvalue weighted by Crippen LogP contribution is -2.11. The second-order valence-electron chi connectivity index (χ2n) is 7.29. The molecule has 132 valence electrons. The molecule has 0 saturated carbocycles. The van der Waals surface area contributed by atoms with E-state index in [0.29, 0.717) is 11.3 Å². The number of rotatable bonds is 3. The fourth-order valence-electron chi connectivity index (χ4n) is 2.87. The minimum Gasteiger partial charge on any atom is -0.423 e. The maximum Gasteiger partial charge on any atom is 0.336 e. The van der Waals surface area contributed by atoms with Crippen molar-refractivity contribution < 1.29 is 4.42 Å². The third-order valence-corrected chi connectivity index (χ3v) is 6.55. The Labute approximate surface area is 160 Å². The van der Waals surface area contributed by atoms with E-state index in [9.17, 15) is 4.79 Å². The van der Waals surface area contributed by atoms with E-state index in [2.05, 4.69) is 37.9 Å². The Bertz CT molecular complexity index is 1120. The van der Waals surface area contributed by atoms with Crippen molar-refractivity contribution in [1.29, 1.82) is 0 Å². The van der Waals surface area contributed by atoms with Crippen LogP contribution in [0.15, 0.2) is 62.1 Å². The van der Waals surface area contributed by atoms with Gasteiger partial charge in [-0.05, 0) is 40.8 Å². The first-order valence-corrected chi connectivity index (χ1v) is 10.3. The third kappa shape index (κ3) is 3.41. The summed E-state index contributed by atoms with van der Waals surface area (Å²) in [5.74, 6) is 0.690. The fourth-order valence-corrected chi connectivity index (χ4v) is 4.93. The fraction of sp³-hybridized carbons (Fsp3) is 0.238. The summed E-state index contributed by atoms with van der Waals surface area (Å²) < 4.78 is 7.59. The van der Waals surface area contributed by atoms with Crippen LogP contribution in [-0.4, -0.2) is 4.98 Å². The minimum absolute atomic E-state index is 0.0434. The molecule has 0 spiro atoms. The molecule has 4 aromatic rings. The van der Waals surface area contributed by atoms with Gasteiger partial charge in [-0.15, -0.1) is 11.3 Å². The molecule has 2 aromatic carbocycles. The number of nitrogens with zero attached hydrogens (tertiary/aromatic N) is 1. The number of fused-ring (bicyclic) bond motifs is 2. The molecule has 0 aliphatic heterocycles. The Morgan fingerprint density at radius 1 is 1.12 bits per heavy atom. The van der Waals surface area contributed by atoms with E-state index >= 15 is 0 Å². The molecule has 0 radical (unpaired) electrons. The summed E-state index contributed by atoms with van der Waals surface area (Å²) in [6.07, 6.45) is 0. The Kier molecular flexibility index (Phi) is 4.37. The Morgan fingerprint density at radius 2 is 1.92 bits per heavy atom. The van der Waals surface area contributed by atoms with Crippen molar-refractivity contribution in [1.82, 2.24) is 4.98 Å². The van der Waals surface area contributed by atoms with Gasteiger partial charge in [-0.3, -0.25) is 0 Å². The summed E-state index contributed by atoms with van der Waals surface area (Å²) in [6.45, 7) is 6.55. The summed E-state index contributed by atoms with van der Waals surface area (Å²) in [6, 6.07) is 15.8. The van der Waals surface area contributed by atoms with Gasteiger partial charge in [-0.1, -0.05) is 50.7 Å². The smallest absolute Gasteiger partial charge is 0.336 e. The highest BCUT2D eigenvalue weighted by molar-refractivity contribution is 8.00.